The lowest BCUT2D eigenvalue weighted by Gasteiger charge is -2.21. The average molecular weight is 286 g/mol. The maximum Gasteiger partial charge on any atom is 0.0456 e. The molecule has 0 radical (unpaired) electrons. The zero-order chi connectivity index (χ0) is 13.1. The second-order valence-electron chi connectivity index (χ2n) is 5.34. The van der Waals surface area contributed by atoms with Crippen molar-refractivity contribution < 1.29 is 0 Å². The molecular formula is C15H21Cl2N. The molecule has 0 amide bonds. The number of hydrogen-bond donors (Lipinski definition) is 1. The predicted molar refractivity (Wildman–Crippen MR) is 79.6 cm³/mol. The van der Waals surface area contributed by atoms with Crippen LogP contribution in [0.5, 0.6) is 0 Å². The van der Waals surface area contributed by atoms with Crippen molar-refractivity contribution in [1.82, 2.24) is 5.32 Å². The quantitative estimate of drug-likeness (QED) is 0.770. The van der Waals surface area contributed by atoms with Crippen LogP contribution in [0.4, 0.5) is 0 Å². The monoisotopic (exact) mass is 285 g/mol. The molecule has 100 valence electrons. The number of benzene rings is 1. The normalized spacial score (nSPS) is 23.6. The lowest BCUT2D eigenvalue weighted by atomic mass is 9.97. The SMILES string of the molecule is CCCNC1CC(C)CCc2c(Cl)cc(Cl)cc21. The lowest BCUT2D eigenvalue weighted by Crippen LogP contribution is -2.23. The summed E-state index contributed by atoms with van der Waals surface area (Å²) in [7, 11) is 0. The highest BCUT2D eigenvalue weighted by atomic mass is 35.5. The molecule has 1 aliphatic carbocycles. The molecule has 0 saturated carbocycles. The van der Waals surface area contributed by atoms with Crippen molar-refractivity contribution in [2.45, 2.75) is 45.6 Å². The summed E-state index contributed by atoms with van der Waals surface area (Å²) in [5.41, 5.74) is 2.60. The van der Waals surface area contributed by atoms with Gasteiger partial charge in [-0.1, -0.05) is 37.0 Å². The number of hydrogen-bond acceptors (Lipinski definition) is 1. The molecule has 0 saturated heterocycles. The fourth-order valence-corrected chi connectivity index (χ4v) is 3.35. The van der Waals surface area contributed by atoms with E-state index in [1.807, 2.05) is 6.07 Å². The van der Waals surface area contributed by atoms with Crippen molar-refractivity contribution in [3.8, 4) is 0 Å². The maximum absolute atomic E-state index is 6.35. The number of rotatable bonds is 3. The molecule has 2 atom stereocenters. The van der Waals surface area contributed by atoms with Gasteiger partial charge in [0.2, 0.25) is 0 Å². The summed E-state index contributed by atoms with van der Waals surface area (Å²) in [6.45, 7) is 5.56. The van der Waals surface area contributed by atoms with Crippen molar-refractivity contribution in [2.24, 2.45) is 5.92 Å². The second-order valence-corrected chi connectivity index (χ2v) is 6.19. The average Bonchev–Trinajstić information content (AvgIpc) is 2.47. The molecule has 0 aliphatic heterocycles. The summed E-state index contributed by atoms with van der Waals surface area (Å²) < 4.78 is 0. The molecule has 0 heterocycles. The van der Waals surface area contributed by atoms with Crippen LogP contribution in [0, 0.1) is 5.92 Å². The molecule has 1 nitrogen and oxygen atoms in total. The molecule has 0 bridgehead atoms. The van der Waals surface area contributed by atoms with E-state index in [0.717, 1.165) is 35.3 Å². The maximum atomic E-state index is 6.35. The molecule has 1 aliphatic rings. The Morgan fingerprint density at radius 3 is 2.83 bits per heavy atom. The Labute approximate surface area is 120 Å². The van der Waals surface area contributed by atoms with Crippen molar-refractivity contribution in [1.29, 1.82) is 0 Å². The van der Waals surface area contributed by atoms with Gasteiger partial charge in [-0.15, -0.1) is 0 Å². The van der Waals surface area contributed by atoms with Crippen molar-refractivity contribution >= 4 is 23.2 Å². The zero-order valence-electron chi connectivity index (χ0n) is 11.1. The third-order valence-electron chi connectivity index (χ3n) is 3.74. The minimum absolute atomic E-state index is 0.397. The smallest absolute Gasteiger partial charge is 0.0456 e. The van der Waals surface area contributed by atoms with Crippen molar-refractivity contribution in [3.63, 3.8) is 0 Å². The van der Waals surface area contributed by atoms with E-state index in [4.69, 9.17) is 23.2 Å². The summed E-state index contributed by atoms with van der Waals surface area (Å²) in [5.74, 6) is 0.724. The standard InChI is InChI=1S/C15H21Cl2N/c1-3-6-18-15-7-10(2)4-5-12-13(15)8-11(16)9-14(12)17/h8-10,15,18H,3-7H2,1-2H3. The highest BCUT2D eigenvalue weighted by molar-refractivity contribution is 6.35. The van der Waals surface area contributed by atoms with Gasteiger partial charge in [-0.25, -0.2) is 0 Å². The first-order valence-corrected chi connectivity index (χ1v) is 7.58. The van der Waals surface area contributed by atoms with Gasteiger partial charge in [-0.3, -0.25) is 0 Å². The molecular weight excluding hydrogens is 265 g/mol. The van der Waals surface area contributed by atoms with Gasteiger partial charge in [0.1, 0.15) is 0 Å². The van der Waals surface area contributed by atoms with Crippen LogP contribution in [0.15, 0.2) is 12.1 Å². The lowest BCUT2D eigenvalue weighted by molar-refractivity contribution is 0.409. The van der Waals surface area contributed by atoms with Crippen LogP contribution in [-0.2, 0) is 6.42 Å². The highest BCUT2D eigenvalue weighted by Crippen LogP contribution is 2.37. The summed E-state index contributed by atoms with van der Waals surface area (Å²) in [4.78, 5) is 0. The van der Waals surface area contributed by atoms with Crippen LogP contribution in [0.25, 0.3) is 0 Å². The topological polar surface area (TPSA) is 12.0 Å². The predicted octanol–water partition coefficient (Wildman–Crippen LogP) is 5.01. The molecule has 1 aromatic carbocycles. The first-order valence-electron chi connectivity index (χ1n) is 6.83. The van der Waals surface area contributed by atoms with Crippen LogP contribution in [0.1, 0.15) is 50.3 Å². The highest BCUT2D eigenvalue weighted by Gasteiger charge is 2.23. The molecule has 2 rings (SSSR count). The van der Waals surface area contributed by atoms with E-state index in [-0.39, 0.29) is 0 Å². The fourth-order valence-electron chi connectivity index (χ4n) is 2.75. The second kappa shape index (κ2) is 6.27. The first kappa shape index (κ1) is 14.2. The van der Waals surface area contributed by atoms with Gasteiger partial charge in [0.05, 0.1) is 0 Å². The zero-order valence-corrected chi connectivity index (χ0v) is 12.6. The van der Waals surface area contributed by atoms with Crippen molar-refractivity contribution in [3.05, 3.63) is 33.3 Å². The minimum atomic E-state index is 0.397. The van der Waals surface area contributed by atoms with Crippen molar-refractivity contribution in [2.75, 3.05) is 6.54 Å². The number of halogens is 2. The Hall–Kier alpha value is -0.240. The molecule has 2 unspecified atom stereocenters. The molecule has 18 heavy (non-hydrogen) atoms. The van der Waals surface area contributed by atoms with E-state index in [1.165, 1.54) is 24.0 Å². The van der Waals surface area contributed by atoms with Gasteiger partial charge < -0.3 is 5.32 Å². The van der Waals surface area contributed by atoms with Crippen LogP contribution in [0.3, 0.4) is 0 Å². The molecule has 1 aromatic rings. The van der Waals surface area contributed by atoms with Gasteiger partial charge in [-0.05, 0) is 61.4 Å². The molecule has 0 spiro atoms. The fraction of sp³-hybridized carbons (Fsp3) is 0.600. The third kappa shape index (κ3) is 3.20. The minimum Gasteiger partial charge on any atom is -0.310 e. The van der Waals surface area contributed by atoms with Gasteiger partial charge in [0, 0.05) is 16.1 Å². The first-order chi connectivity index (χ1) is 8.61. The largest absolute Gasteiger partial charge is 0.310 e. The van der Waals surface area contributed by atoms with Gasteiger partial charge in [-0.2, -0.15) is 0 Å². The Bertz CT molecular complexity index is 417. The van der Waals surface area contributed by atoms with Gasteiger partial charge in [0.25, 0.3) is 0 Å². The van der Waals surface area contributed by atoms with E-state index in [0.29, 0.717) is 6.04 Å². The Morgan fingerprint density at radius 2 is 2.11 bits per heavy atom. The van der Waals surface area contributed by atoms with E-state index < -0.39 is 0 Å². The van der Waals surface area contributed by atoms with Gasteiger partial charge >= 0.3 is 0 Å². The van der Waals surface area contributed by atoms with E-state index in [1.54, 1.807) is 0 Å². The van der Waals surface area contributed by atoms with E-state index in [2.05, 4.69) is 25.2 Å². The molecule has 0 fully saturated rings. The number of fused-ring (bicyclic) bond motifs is 1. The summed E-state index contributed by atoms with van der Waals surface area (Å²) in [6.07, 6.45) is 4.59. The van der Waals surface area contributed by atoms with Crippen LogP contribution in [0.2, 0.25) is 10.0 Å². The Morgan fingerprint density at radius 1 is 1.33 bits per heavy atom. The Balaban J connectivity index is 2.36. The number of nitrogens with one attached hydrogen (secondary N) is 1. The van der Waals surface area contributed by atoms with E-state index >= 15 is 0 Å². The van der Waals surface area contributed by atoms with E-state index in [9.17, 15) is 0 Å². The van der Waals surface area contributed by atoms with Gasteiger partial charge in [0.15, 0.2) is 0 Å². The Kier molecular flexibility index (Phi) is 4.94. The third-order valence-corrected chi connectivity index (χ3v) is 4.29. The van der Waals surface area contributed by atoms with Crippen LogP contribution < -0.4 is 5.32 Å². The molecule has 1 N–H and O–H groups in total. The molecule has 0 aromatic heterocycles. The summed E-state index contributed by atoms with van der Waals surface area (Å²) in [6, 6.07) is 4.36. The van der Waals surface area contributed by atoms with Crippen LogP contribution >= 0.6 is 23.2 Å². The summed E-state index contributed by atoms with van der Waals surface area (Å²) in [5, 5.41) is 5.21. The van der Waals surface area contributed by atoms with Crippen LogP contribution in [-0.4, -0.2) is 6.54 Å². The molecule has 3 heteroatoms. The summed E-state index contributed by atoms with van der Waals surface area (Å²) >= 11 is 12.5.